The van der Waals surface area contributed by atoms with Crippen LogP contribution in [-0.4, -0.2) is 24.8 Å². The van der Waals surface area contributed by atoms with Crippen LogP contribution in [0, 0.1) is 11.3 Å². The summed E-state index contributed by atoms with van der Waals surface area (Å²) in [5.41, 5.74) is 0.542. The second-order valence-electron chi connectivity index (χ2n) is 6.72. The van der Waals surface area contributed by atoms with Gasteiger partial charge in [0.15, 0.2) is 0 Å². The van der Waals surface area contributed by atoms with Crippen molar-refractivity contribution in [3.63, 3.8) is 0 Å². The molecule has 23 heavy (non-hydrogen) atoms. The number of ether oxygens (including phenoxy) is 1. The van der Waals surface area contributed by atoms with Crippen LogP contribution >= 0.6 is 0 Å². The van der Waals surface area contributed by atoms with Gasteiger partial charge in [-0.15, -0.1) is 0 Å². The quantitative estimate of drug-likeness (QED) is 0.491. The summed E-state index contributed by atoms with van der Waals surface area (Å²) in [4.78, 5) is 12.1. The number of allylic oxidation sites excluding steroid dienone is 3. The van der Waals surface area contributed by atoms with Crippen LogP contribution in [0.25, 0.3) is 0 Å². The van der Waals surface area contributed by atoms with Crippen molar-refractivity contribution >= 4 is 5.97 Å². The second-order valence-corrected chi connectivity index (χ2v) is 6.72. The van der Waals surface area contributed by atoms with Crippen LogP contribution in [0.4, 0.5) is 0 Å². The molecule has 0 radical (unpaired) electrons. The lowest BCUT2D eigenvalue weighted by atomic mass is 9.67. The number of methoxy groups -OCH3 is 1. The third-order valence-corrected chi connectivity index (χ3v) is 4.97. The zero-order valence-corrected chi connectivity index (χ0v) is 15.1. The fourth-order valence-electron chi connectivity index (χ4n) is 3.43. The van der Waals surface area contributed by atoms with Crippen LogP contribution in [0.2, 0.25) is 0 Å². The highest BCUT2D eigenvalue weighted by Crippen LogP contribution is 2.43. The zero-order valence-electron chi connectivity index (χ0n) is 15.1. The average molecular weight is 322 g/mol. The highest BCUT2D eigenvalue weighted by molar-refractivity contribution is 5.78. The second kappa shape index (κ2) is 10.6. The molecule has 0 heterocycles. The zero-order chi connectivity index (χ0) is 17.1. The van der Waals surface area contributed by atoms with Gasteiger partial charge in [0.05, 0.1) is 5.41 Å². The van der Waals surface area contributed by atoms with E-state index in [9.17, 15) is 9.90 Å². The summed E-state index contributed by atoms with van der Waals surface area (Å²) in [6.45, 7) is 4.97. The van der Waals surface area contributed by atoms with Crippen molar-refractivity contribution < 1.29 is 14.6 Å². The lowest BCUT2D eigenvalue weighted by molar-refractivity contribution is -0.149. The summed E-state index contributed by atoms with van der Waals surface area (Å²) in [6, 6.07) is 0. The Morgan fingerprint density at radius 1 is 1.22 bits per heavy atom. The summed E-state index contributed by atoms with van der Waals surface area (Å²) in [6.07, 6.45) is 15.6. The first-order chi connectivity index (χ1) is 11.1. The molecule has 2 unspecified atom stereocenters. The summed E-state index contributed by atoms with van der Waals surface area (Å²) in [5, 5.41) is 9.96. The third-order valence-electron chi connectivity index (χ3n) is 4.97. The number of aliphatic carboxylic acids is 1. The largest absolute Gasteiger partial charge is 0.481 e. The molecule has 1 rings (SSSR count). The van der Waals surface area contributed by atoms with E-state index in [1.54, 1.807) is 7.11 Å². The Hall–Kier alpha value is -1.09. The molecule has 1 aliphatic carbocycles. The molecule has 0 aromatic heterocycles. The summed E-state index contributed by atoms with van der Waals surface area (Å²) in [5.74, 6) is -0.643. The van der Waals surface area contributed by atoms with Crippen LogP contribution in [0.3, 0.4) is 0 Å². The molecule has 0 saturated carbocycles. The van der Waals surface area contributed by atoms with E-state index in [1.165, 1.54) is 18.4 Å². The Bertz CT molecular complexity index is 411. The van der Waals surface area contributed by atoms with Gasteiger partial charge in [-0.3, -0.25) is 4.79 Å². The Morgan fingerprint density at radius 2 is 1.96 bits per heavy atom. The van der Waals surface area contributed by atoms with Gasteiger partial charge in [-0.25, -0.2) is 0 Å². The Kier molecular flexibility index (Phi) is 9.23. The highest BCUT2D eigenvalue weighted by Gasteiger charge is 2.43. The van der Waals surface area contributed by atoms with Crippen molar-refractivity contribution in [3.8, 4) is 0 Å². The topological polar surface area (TPSA) is 46.5 Å². The lowest BCUT2D eigenvalue weighted by Gasteiger charge is -2.36. The van der Waals surface area contributed by atoms with Gasteiger partial charge in [0, 0.05) is 13.7 Å². The fourth-order valence-corrected chi connectivity index (χ4v) is 3.43. The number of unbranched alkanes of at least 4 members (excludes halogenated alkanes) is 4. The predicted octanol–water partition coefficient (Wildman–Crippen LogP) is 5.37. The molecule has 1 N–H and O–H groups in total. The molecule has 132 valence electrons. The molecule has 0 aromatic carbocycles. The monoisotopic (exact) mass is 322 g/mol. The summed E-state index contributed by atoms with van der Waals surface area (Å²) >= 11 is 0. The molecule has 0 amide bonds. The van der Waals surface area contributed by atoms with Crippen LogP contribution < -0.4 is 0 Å². The van der Waals surface area contributed by atoms with Crippen molar-refractivity contribution in [1.29, 1.82) is 0 Å². The van der Waals surface area contributed by atoms with E-state index in [1.807, 2.05) is 6.08 Å². The van der Waals surface area contributed by atoms with Crippen molar-refractivity contribution in [2.75, 3.05) is 13.7 Å². The van der Waals surface area contributed by atoms with E-state index in [-0.39, 0.29) is 5.92 Å². The van der Waals surface area contributed by atoms with E-state index in [0.717, 1.165) is 44.9 Å². The Morgan fingerprint density at radius 3 is 2.57 bits per heavy atom. The Labute approximate surface area is 141 Å². The molecular weight excluding hydrogens is 288 g/mol. The smallest absolute Gasteiger partial charge is 0.314 e. The first kappa shape index (κ1) is 20.0. The molecular formula is C20H34O3. The molecule has 0 spiro atoms. The van der Waals surface area contributed by atoms with Gasteiger partial charge < -0.3 is 9.84 Å². The van der Waals surface area contributed by atoms with Crippen LogP contribution in [-0.2, 0) is 9.53 Å². The van der Waals surface area contributed by atoms with E-state index in [4.69, 9.17) is 4.74 Å². The third kappa shape index (κ3) is 5.80. The van der Waals surface area contributed by atoms with Gasteiger partial charge in [0.25, 0.3) is 0 Å². The number of carboxylic acid groups (broad SMARTS) is 1. The predicted molar refractivity (Wildman–Crippen MR) is 95.6 cm³/mol. The highest BCUT2D eigenvalue weighted by atomic mass is 16.5. The van der Waals surface area contributed by atoms with Gasteiger partial charge >= 0.3 is 5.97 Å². The van der Waals surface area contributed by atoms with Gasteiger partial charge in [-0.2, -0.15) is 0 Å². The van der Waals surface area contributed by atoms with Crippen molar-refractivity contribution in [2.24, 2.45) is 11.3 Å². The van der Waals surface area contributed by atoms with E-state index >= 15 is 0 Å². The SMILES string of the molecule is CCCCCCC1(C(=O)O)C=CC(CCCC)=CC1CCOC. The number of hydrogen-bond donors (Lipinski definition) is 1. The van der Waals surface area contributed by atoms with Gasteiger partial charge in [-0.1, -0.05) is 69.8 Å². The standard InChI is InChI=1S/C20H34O3/c1-4-6-8-9-13-20(19(21)22)14-11-17(10-7-5-2)16-18(20)12-15-23-3/h11,14,16,18H,4-10,12-13,15H2,1-3H3,(H,21,22). The van der Waals surface area contributed by atoms with E-state index < -0.39 is 11.4 Å². The molecule has 2 atom stereocenters. The molecule has 1 aliphatic rings. The first-order valence-electron chi connectivity index (χ1n) is 9.23. The van der Waals surface area contributed by atoms with Crippen molar-refractivity contribution in [3.05, 3.63) is 23.8 Å². The maximum absolute atomic E-state index is 12.1. The minimum Gasteiger partial charge on any atom is -0.481 e. The molecule has 0 bridgehead atoms. The van der Waals surface area contributed by atoms with Crippen LogP contribution in [0.5, 0.6) is 0 Å². The van der Waals surface area contributed by atoms with Crippen molar-refractivity contribution in [1.82, 2.24) is 0 Å². The maximum Gasteiger partial charge on any atom is 0.314 e. The fraction of sp³-hybridized carbons (Fsp3) is 0.750. The van der Waals surface area contributed by atoms with E-state index in [2.05, 4.69) is 26.0 Å². The molecule has 0 fully saturated rings. The molecule has 0 aromatic rings. The van der Waals surface area contributed by atoms with Gasteiger partial charge in [-0.05, 0) is 31.6 Å². The maximum atomic E-state index is 12.1. The van der Waals surface area contributed by atoms with Gasteiger partial charge in [0.2, 0.25) is 0 Å². The van der Waals surface area contributed by atoms with Crippen LogP contribution in [0.1, 0.15) is 71.6 Å². The minimum atomic E-state index is -0.748. The average Bonchev–Trinajstić information content (AvgIpc) is 2.55. The summed E-state index contributed by atoms with van der Waals surface area (Å²) in [7, 11) is 1.68. The summed E-state index contributed by atoms with van der Waals surface area (Å²) < 4.78 is 5.23. The normalized spacial score (nSPS) is 23.8. The molecule has 0 aliphatic heterocycles. The first-order valence-corrected chi connectivity index (χ1v) is 9.23. The lowest BCUT2D eigenvalue weighted by Crippen LogP contribution is -2.38. The van der Waals surface area contributed by atoms with Crippen LogP contribution in [0.15, 0.2) is 23.8 Å². The number of carboxylic acids is 1. The van der Waals surface area contributed by atoms with Crippen molar-refractivity contribution in [2.45, 2.75) is 71.6 Å². The molecule has 0 saturated heterocycles. The molecule has 3 nitrogen and oxygen atoms in total. The number of carbonyl (C=O) groups is 1. The number of hydrogen-bond acceptors (Lipinski definition) is 2. The molecule has 3 heteroatoms. The Balaban J connectivity index is 2.89. The minimum absolute atomic E-state index is 0.0402. The number of rotatable bonds is 12. The van der Waals surface area contributed by atoms with Gasteiger partial charge in [0.1, 0.15) is 0 Å². The van der Waals surface area contributed by atoms with E-state index in [0.29, 0.717) is 6.61 Å².